The number of para-hydroxylation sites is 1. The SMILES string of the molecule is CC(=O)c1ccccc1N1CCC2CCC(C1)N2C. The van der Waals surface area contributed by atoms with Crippen molar-refractivity contribution in [2.24, 2.45) is 0 Å². The number of likely N-dealkylation sites (N-methyl/N-ethyl adjacent to an activating group) is 1. The molecule has 1 aromatic carbocycles. The number of anilines is 1. The van der Waals surface area contributed by atoms with Gasteiger partial charge >= 0.3 is 0 Å². The number of nitrogens with zero attached hydrogens (tertiary/aromatic N) is 2. The second-order valence-corrected chi connectivity index (χ2v) is 5.86. The molecule has 0 N–H and O–H groups in total. The van der Waals surface area contributed by atoms with Gasteiger partial charge in [-0.15, -0.1) is 0 Å². The van der Waals surface area contributed by atoms with Crippen LogP contribution >= 0.6 is 0 Å². The molecular formula is C16H22N2O. The molecule has 3 rings (SSSR count). The van der Waals surface area contributed by atoms with E-state index in [1.165, 1.54) is 19.3 Å². The molecule has 0 amide bonds. The Balaban J connectivity index is 1.89. The van der Waals surface area contributed by atoms with E-state index in [0.29, 0.717) is 6.04 Å². The molecule has 0 aromatic heterocycles. The first kappa shape index (κ1) is 12.7. The Morgan fingerprint density at radius 3 is 2.68 bits per heavy atom. The van der Waals surface area contributed by atoms with Crippen molar-refractivity contribution in [2.75, 3.05) is 25.0 Å². The summed E-state index contributed by atoms with van der Waals surface area (Å²) in [6.07, 6.45) is 3.84. The minimum Gasteiger partial charge on any atom is -0.369 e. The molecule has 102 valence electrons. The summed E-state index contributed by atoms with van der Waals surface area (Å²) >= 11 is 0. The zero-order chi connectivity index (χ0) is 13.4. The molecule has 2 aliphatic heterocycles. The number of fused-ring (bicyclic) bond motifs is 2. The van der Waals surface area contributed by atoms with Gasteiger partial charge in [-0.05, 0) is 45.4 Å². The number of carbonyl (C=O) groups excluding carboxylic acids is 1. The fraction of sp³-hybridized carbons (Fsp3) is 0.562. The van der Waals surface area contributed by atoms with Crippen LogP contribution in [-0.4, -0.2) is 42.9 Å². The van der Waals surface area contributed by atoms with Gasteiger partial charge in [-0.25, -0.2) is 0 Å². The number of rotatable bonds is 2. The average molecular weight is 258 g/mol. The maximum Gasteiger partial charge on any atom is 0.161 e. The van der Waals surface area contributed by atoms with E-state index in [-0.39, 0.29) is 5.78 Å². The lowest BCUT2D eigenvalue weighted by molar-refractivity contribution is 0.101. The number of hydrogen-bond acceptors (Lipinski definition) is 3. The third kappa shape index (κ3) is 2.27. The normalized spacial score (nSPS) is 27.4. The molecule has 2 fully saturated rings. The van der Waals surface area contributed by atoms with Crippen LogP contribution in [0.4, 0.5) is 5.69 Å². The predicted octanol–water partition coefficient (Wildman–Crippen LogP) is 2.56. The molecule has 3 heteroatoms. The van der Waals surface area contributed by atoms with Crippen LogP contribution in [0.1, 0.15) is 36.5 Å². The third-order valence-electron chi connectivity index (χ3n) is 4.77. The van der Waals surface area contributed by atoms with E-state index in [2.05, 4.69) is 22.9 Å². The summed E-state index contributed by atoms with van der Waals surface area (Å²) in [7, 11) is 2.25. The molecule has 1 aromatic rings. The Hall–Kier alpha value is -1.35. The summed E-state index contributed by atoms with van der Waals surface area (Å²) in [6.45, 7) is 3.78. The highest BCUT2D eigenvalue weighted by Gasteiger charge is 2.35. The molecule has 0 radical (unpaired) electrons. The smallest absolute Gasteiger partial charge is 0.161 e. The molecule has 3 nitrogen and oxygen atoms in total. The van der Waals surface area contributed by atoms with Gasteiger partial charge in [-0.3, -0.25) is 9.69 Å². The highest BCUT2D eigenvalue weighted by molar-refractivity contribution is 5.99. The van der Waals surface area contributed by atoms with Gasteiger partial charge in [0.15, 0.2) is 5.78 Å². The lowest BCUT2D eigenvalue weighted by atomic mass is 10.0. The average Bonchev–Trinajstić information content (AvgIpc) is 2.63. The van der Waals surface area contributed by atoms with Crippen molar-refractivity contribution in [3.8, 4) is 0 Å². The molecule has 19 heavy (non-hydrogen) atoms. The van der Waals surface area contributed by atoms with Crippen molar-refractivity contribution < 1.29 is 4.79 Å². The summed E-state index contributed by atoms with van der Waals surface area (Å²) in [5.74, 6) is 0.165. The zero-order valence-corrected chi connectivity index (χ0v) is 11.8. The van der Waals surface area contributed by atoms with Gasteiger partial charge in [-0.1, -0.05) is 12.1 Å². The van der Waals surface area contributed by atoms with Gasteiger partial charge in [0.25, 0.3) is 0 Å². The number of carbonyl (C=O) groups is 1. The Morgan fingerprint density at radius 2 is 1.89 bits per heavy atom. The van der Waals surface area contributed by atoms with Gasteiger partial charge < -0.3 is 4.90 Å². The minimum absolute atomic E-state index is 0.165. The molecular weight excluding hydrogens is 236 g/mol. The van der Waals surface area contributed by atoms with Crippen LogP contribution in [0, 0.1) is 0 Å². The van der Waals surface area contributed by atoms with Crippen molar-refractivity contribution >= 4 is 11.5 Å². The maximum absolute atomic E-state index is 11.8. The molecule has 2 saturated heterocycles. The van der Waals surface area contributed by atoms with E-state index < -0.39 is 0 Å². The van der Waals surface area contributed by atoms with Crippen LogP contribution in [0.3, 0.4) is 0 Å². The zero-order valence-electron chi connectivity index (χ0n) is 11.8. The molecule has 0 saturated carbocycles. The summed E-state index contributed by atoms with van der Waals surface area (Å²) in [5.41, 5.74) is 1.99. The Labute approximate surface area is 115 Å². The van der Waals surface area contributed by atoms with Gasteiger partial charge in [0, 0.05) is 36.4 Å². The molecule has 2 heterocycles. The van der Waals surface area contributed by atoms with E-state index in [9.17, 15) is 4.79 Å². The monoisotopic (exact) mass is 258 g/mol. The minimum atomic E-state index is 0.165. The summed E-state index contributed by atoms with van der Waals surface area (Å²) in [5, 5.41) is 0. The number of Topliss-reactive ketones (excluding diaryl/α,β-unsaturated/α-hetero) is 1. The van der Waals surface area contributed by atoms with Crippen molar-refractivity contribution in [2.45, 2.75) is 38.3 Å². The molecule has 2 bridgehead atoms. The lowest BCUT2D eigenvalue weighted by Gasteiger charge is -2.28. The highest BCUT2D eigenvalue weighted by atomic mass is 16.1. The fourth-order valence-corrected chi connectivity index (χ4v) is 3.57. The third-order valence-corrected chi connectivity index (χ3v) is 4.77. The van der Waals surface area contributed by atoms with E-state index in [4.69, 9.17) is 0 Å². The topological polar surface area (TPSA) is 23.6 Å². The summed E-state index contributed by atoms with van der Waals surface area (Å²) < 4.78 is 0. The summed E-state index contributed by atoms with van der Waals surface area (Å²) in [4.78, 5) is 16.7. The van der Waals surface area contributed by atoms with E-state index >= 15 is 0 Å². The second kappa shape index (κ2) is 4.97. The fourth-order valence-electron chi connectivity index (χ4n) is 3.57. The van der Waals surface area contributed by atoms with Crippen molar-refractivity contribution in [1.82, 2.24) is 4.90 Å². The maximum atomic E-state index is 11.8. The lowest BCUT2D eigenvalue weighted by Crippen LogP contribution is -2.37. The quantitative estimate of drug-likeness (QED) is 0.762. The largest absolute Gasteiger partial charge is 0.369 e. The molecule has 0 spiro atoms. The standard InChI is InChI=1S/C16H22N2O/c1-12(19)15-5-3-4-6-16(15)18-10-9-13-7-8-14(11-18)17(13)2/h3-6,13-14H,7-11H2,1-2H3. The van der Waals surface area contributed by atoms with Gasteiger partial charge in [0.2, 0.25) is 0 Å². The van der Waals surface area contributed by atoms with Crippen molar-refractivity contribution in [3.05, 3.63) is 29.8 Å². The van der Waals surface area contributed by atoms with E-state index in [0.717, 1.165) is 30.4 Å². The predicted molar refractivity (Wildman–Crippen MR) is 77.8 cm³/mol. The van der Waals surface area contributed by atoms with Crippen LogP contribution < -0.4 is 4.90 Å². The number of hydrogen-bond donors (Lipinski definition) is 0. The van der Waals surface area contributed by atoms with Crippen LogP contribution in [0.25, 0.3) is 0 Å². The van der Waals surface area contributed by atoms with Gasteiger partial charge in [0.05, 0.1) is 0 Å². The van der Waals surface area contributed by atoms with Crippen LogP contribution in [0.5, 0.6) is 0 Å². The summed E-state index contributed by atoms with van der Waals surface area (Å²) in [6, 6.07) is 9.41. The first-order valence-electron chi connectivity index (χ1n) is 7.23. The van der Waals surface area contributed by atoms with Gasteiger partial charge in [-0.2, -0.15) is 0 Å². The Morgan fingerprint density at radius 1 is 1.16 bits per heavy atom. The van der Waals surface area contributed by atoms with Crippen LogP contribution in [-0.2, 0) is 0 Å². The van der Waals surface area contributed by atoms with Crippen LogP contribution in [0.2, 0.25) is 0 Å². The van der Waals surface area contributed by atoms with Crippen LogP contribution in [0.15, 0.2) is 24.3 Å². The second-order valence-electron chi connectivity index (χ2n) is 5.86. The molecule has 0 aliphatic carbocycles. The van der Waals surface area contributed by atoms with E-state index in [1.807, 2.05) is 18.2 Å². The Kier molecular flexibility index (Phi) is 3.31. The highest BCUT2D eigenvalue weighted by Crippen LogP contribution is 2.32. The number of ketones is 1. The Bertz CT molecular complexity index is 485. The van der Waals surface area contributed by atoms with E-state index in [1.54, 1.807) is 6.92 Å². The molecule has 2 aliphatic rings. The number of benzene rings is 1. The first-order valence-corrected chi connectivity index (χ1v) is 7.23. The van der Waals surface area contributed by atoms with Gasteiger partial charge in [0.1, 0.15) is 0 Å². The molecule has 2 atom stereocenters. The van der Waals surface area contributed by atoms with Crippen molar-refractivity contribution in [3.63, 3.8) is 0 Å². The molecule has 2 unspecified atom stereocenters. The van der Waals surface area contributed by atoms with Crippen molar-refractivity contribution in [1.29, 1.82) is 0 Å². The first-order chi connectivity index (χ1) is 9.16.